The lowest BCUT2D eigenvalue weighted by molar-refractivity contribution is 1.07. The van der Waals surface area contributed by atoms with Crippen LogP contribution in [-0.4, -0.2) is 33.6 Å². The highest BCUT2D eigenvalue weighted by molar-refractivity contribution is 6.12. The summed E-state index contributed by atoms with van der Waals surface area (Å²) in [4.78, 5) is 21.2. The second-order valence-electron chi connectivity index (χ2n) is 17.5. The average molecular weight is 882 g/mol. The molecule has 7 aromatic carbocycles. The van der Waals surface area contributed by atoms with Gasteiger partial charge in [-0.3, -0.25) is 9.13 Å². The highest BCUT2D eigenvalue weighted by Crippen LogP contribution is 2.39. The van der Waals surface area contributed by atoms with E-state index >= 15 is 0 Å². The van der Waals surface area contributed by atoms with Crippen molar-refractivity contribution in [2.24, 2.45) is 0 Å². The summed E-state index contributed by atoms with van der Waals surface area (Å²) in [6, 6.07) is 82.9. The Bertz CT molecular complexity index is 4220. The Kier molecular flexibility index (Phi) is 8.75. The maximum absolute atomic E-state index is 5.47. The zero-order valence-corrected chi connectivity index (χ0v) is 37.1. The van der Waals surface area contributed by atoms with Crippen molar-refractivity contribution in [2.75, 3.05) is 0 Å². The van der Waals surface area contributed by atoms with E-state index < -0.39 is 0 Å². The summed E-state index contributed by atoms with van der Waals surface area (Å²) in [5, 5.41) is 7.17. The molecule has 7 nitrogen and oxygen atoms in total. The van der Waals surface area contributed by atoms with Gasteiger partial charge in [0.05, 0.1) is 67.3 Å². The molecule has 0 atom stereocenters. The molecule has 7 heterocycles. The van der Waals surface area contributed by atoms with Crippen LogP contribution in [0.15, 0.2) is 237 Å². The first-order valence-electron chi connectivity index (χ1n) is 23.2. The minimum absolute atomic E-state index is 0.743. The van der Waals surface area contributed by atoms with Crippen LogP contribution in [0.4, 0.5) is 0 Å². The molecule has 0 amide bonds. The molecule has 7 heteroatoms. The summed E-state index contributed by atoms with van der Waals surface area (Å²) in [5.41, 5.74) is 14.5. The molecule has 322 valence electrons. The summed E-state index contributed by atoms with van der Waals surface area (Å²) in [6.07, 6.45) is 0. The number of pyridine rings is 4. The smallest absolute Gasteiger partial charge is 0.138 e. The SMILES string of the molecule is c1ccc(-n2c3ccccc3c3ccc(-c4cc(-c5cccc(-c6cccc(-c7cccc(-n8c9ccccc9c9ccccc98)n7)n6)n5)nc(-n5c6ccccc6c6ccccc65)c4)cc32)cc1. The van der Waals surface area contributed by atoms with E-state index in [1.807, 2.05) is 42.5 Å². The van der Waals surface area contributed by atoms with Crippen molar-refractivity contribution in [3.8, 4) is 62.6 Å². The summed E-state index contributed by atoms with van der Waals surface area (Å²) in [7, 11) is 0. The van der Waals surface area contributed by atoms with Crippen LogP contribution < -0.4 is 0 Å². The lowest BCUT2D eigenvalue weighted by Gasteiger charge is -2.14. The van der Waals surface area contributed by atoms with Crippen molar-refractivity contribution in [1.29, 1.82) is 0 Å². The van der Waals surface area contributed by atoms with Gasteiger partial charge in [0.2, 0.25) is 0 Å². The van der Waals surface area contributed by atoms with Crippen molar-refractivity contribution in [1.82, 2.24) is 33.6 Å². The molecule has 0 unspecified atom stereocenters. The standard InChI is InChI=1S/C62H39N7/c1-2-17-42(18-3-1)67-55-29-9-4-23-47(55)48-36-35-40(38-60(48)67)41-37-54(66-62(39-41)69-58-32-12-7-21-45(58)46-22-8-13-33-59(46)69)53-27-15-25-50(64-53)49-24-14-26-51(63-49)52-28-16-34-61(65-52)68-56-30-10-5-19-43(56)44-20-6-11-31-57(44)68/h1-39H. The van der Waals surface area contributed by atoms with Crippen LogP contribution in [-0.2, 0) is 0 Å². The van der Waals surface area contributed by atoms with Gasteiger partial charge in [-0.1, -0.05) is 140 Å². The number of nitrogens with zero attached hydrogens (tertiary/aromatic N) is 7. The van der Waals surface area contributed by atoms with Gasteiger partial charge in [-0.25, -0.2) is 19.9 Å². The van der Waals surface area contributed by atoms with E-state index in [2.05, 4.69) is 208 Å². The van der Waals surface area contributed by atoms with Crippen molar-refractivity contribution >= 4 is 65.4 Å². The Balaban J connectivity index is 0.915. The normalized spacial score (nSPS) is 11.8. The Morgan fingerprint density at radius 3 is 1.13 bits per heavy atom. The van der Waals surface area contributed by atoms with Crippen LogP contribution in [0.2, 0.25) is 0 Å². The second kappa shape index (κ2) is 15.6. The molecule has 14 rings (SSSR count). The van der Waals surface area contributed by atoms with Crippen LogP contribution in [0.3, 0.4) is 0 Å². The van der Waals surface area contributed by atoms with Gasteiger partial charge in [-0.2, -0.15) is 0 Å². The predicted molar refractivity (Wildman–Crippen MR) is 282 cm³/mol. The lowest BCUT2D eigenvalue weighted by atomic mass is 10.0. The fourth-order valence-electron chi connectivity index (χ4n) is 10.4. The maximum Gasteiger partial charge on any atom is 0.138 e. The van der Waals surface area contributed by atoms with Gasteiger partial charge in [0.25, 0.3) is 0 Å². The van der Waals surface area contributed by atoms with Crippen LogP contribution >= 0.6 is 0 Å². The minimum Gasteiger partial charge on any atom is -0.309 e. The van der Waals surface area contributed by atoms with E-state index in [4.69, 9.17) is 19.9 Å². The number of rotatable bonds is 7. The molecule has 69 heavy (non-hydrogen) atoms. The maximum atomic E-state index is 5.47. The van der Waals surface area contributed by atoms with Crippen LogP contribution in [0.1, 0.15) is 0 Å². The molecule has 0 saturated heterocycles. The van der Waals surface area contributed by atoms with Crippen molar-refractivity contribution in [2.45, 2.75) is 0 Å². The molecular formula is C62H39N7. The Morgan fingerprint density at radius 2 is 0.609 bits per heavy atom. The first kappa shape index (κ1) is 38.8. The highest BCUT2D eigenvalue weighted by atomic mass is 15.1. The topological polar surface area (TPSA) is 66.3 Å². The number of para-hydroxylation sites is 6. The van der Waals surface area contributed by atoms with E-state index in [1.165, 1.54) is 37.8 Å². The number of hydrogen-bond acceptors (Lipinski definition) is 4. The molecular weight excluding hydrogens is 843 g/mol. The fraction of sp³-hybridized carbons (Fsp3) is 0. The van der Waals surface area contributed by atoms with Gasteiger partial charge in [0.1, 0.15) is 11.6 Å². The average Bonchev–Trinajstić information content (AvgIpc) is 4.07. The molecule has 7 aromatic heterocycles. The van der Waals surface area contributed by atoms with Gasteiger partial charge in [-0.15, -0.1) is 0 Å². The number of hydrogen-bond donors (Lipinski definition) is 0. The Hall–Kier alpha value is -9.46. The lowest BCUT2D eigenvalue weighted by Crippen LogP contribution is -2.01. The third kappa shape index (κ3) is 6.29. The summed E-state index contributed by atoms with van der Waals surface area (Å²) in [5.74, 6) is 1.65. The molecule has 0 saturated carbocycles. The van der Waals surface area contributed by atoms with Crippen LogP contribution in [0, 0.1) is 0 Å². The Labute approximate surface area is 396 Å². The van der Waals surface area contributed by atoms with E-state index in [0.717, 1.165) is 90.2 Å². The molecule has 0 aliphatic rings. The largest absolute Gasteiger partial charge is 0.309 e. The van der Waals surface area contributed by atoms with Gasteiger partial charge >= 0.3 is 0 Å². The number of aromatic nitrogens is 7. The van der Waals surface area contributed by atoms with Gasteiger partial charge in [0, 0.05) is 38.0 Å². The first-order valence-corrected chi connectivity index (χ1v) is 23.2. The monoisotopic (exact) mass is 881 g/mol. The molecule has 0 N–H and O–H groups in total. The van der Waals surface area contributed by atoms with Crippen molar-refractivity contribution in [3.05, 3.63) is 237 Å². The highest BCUT2D eigenvalue weighted by Gasteiger charge is 2.19. The van der Waals surface area contributed by atoms with E-state index in [1.54, 1.807) is 0 Å². The molecule has 0 spiro atoms. The number of fused-ring (bicyclic) bond motifs is 9. The summed E-state index contributed by atoms with van der Waals surface area (Å²) >= 11 is 0. The van der Waals surface area contributed by atoms with Gasteiger partial charge in [0.15, 0.2) is 0 Å². The van der Waals surface area contributed by atoms with Crippen molar-refractivity contribution < 1.29 is 0 Å². The fourth-order valence-corrected chi connectivity index (χ4v) is 10.4. The molecule has 0 aliphatic heterocycles. The molecule has 0 fully saturated rings. The summed E-state index contributed by atoms with van der Waals surface area (Å²) < 4.78 is 6.89. The van der Waals surface area contributed by atoms with Crippen LogP contribution in [0.25, 0.3) is 128 Å². The number of benzene rings is 7. The van der Waals surface area contributed by atoms with Gasteiger partial charge < -0.3 is 4.57 Å². The summed E-state index contributed by atoms with van der Waals surface area (Å²) in [6.45, 7) is 0. The zero-order valence-electron chi connectivity index (χ0n) is 37.1. The third-order valence-electron chi connectivity index (χ3n) is 13.5. The molecule has 14 aromatic rings. The van der Waals surface area contributed by atoms with Gasteiger partial charge in [-0.05, 0) is 108 Å². The zero-order chi connectivity index (χ0) is 45.4. The predicted octanol–water partition coefficient (Wildman–Crippen LogP) is 15.2. The van der Waals surface area contributed by atoms with E-state index in [0.29, 0.717) is 0 Å². The molecule has 0 radical (unpaired) electrons. The second-order valence-corrected chi connectivity index (χ2v) is 17.5. The molecule has 0 aliphatic carbocycles. The quantitative estimate of drug-likeness (QED) is 0.160. The molecule has 0 bridgehead atoms. The minimum atomic E-state index is 0.743. The van der Waals surface area contributed by atoms with Crippen LogP contribution in [0.5, 0.6) is 0 Å². The van der Waals surface area contributed by atoms with E-state index in [9.17, 15) is 0 Å². The first-order chi connectivity index (χ1) is 34.2. The van der Waals surface area contributed by atoms with E-state index in [-0.39, 0.29) is 0 Å². The van der Waals surface area contributed by atoms with Crippen molar-refractivity contribution in [3.63, 3.8) is 0 Å². The Morgan fingerprint density at radius 1 is 0.217 bits per heavy atom. The third-order valence-corrected chi connectivity index (χ3v) is 13.5.